The van der Waals surface area contributed by atoms with Gasteiger partial charge in [-0.1, -0.05) is 30.1 Å². The van der Waals surface area contributed by atoms with Gasteiger partial charge in [-0.25, -0.2) is 0 Å². The third-order valence-electron chi connectivity index (χ3n) is 2.92. The van der Waals surface area contributed by atoms with Crippen molar-refractivity contribution in [1.82, 2.24) is 14.7 Å². The minimum Gasteiger partial charge on any atom is -0.437 e. The van der Waals surface area contributed by atoms with E-state index in [1.807, 2.05) is 16.0 Å². The average molecular weight is 342 g/mol. The van der Waals surface area contributed by atoms with Crippen molar-refractivity contribution >= 4 is 39.5 Å². The van der Waals surface area contributed by atoms with Crippen molar-refractivity contribution in [3.63, 3.8) is 0 Å². The molecule has 7 heteroatoms. The molecule has 1 N–H and O–H groups in total. The topological polar surface area (TPSA) is 38.6 Å². The lowest BCUT2D eigenvalue weighted by Gasteiger charge is -2.07. The fourth-order valence-electron chi connectivity index (χ4n) is 2.00. The summed E-state index contributed by atoms with van der Waals surface area (Å²) in [6.07, 6.45) is 1.98. The van der Waals surface area contributed by atoms with E-state index >= 15 is 0 Å². The summed E-state index contributed by atoms with van der Waals surface area (Å²) in [6, 6.07) is 5.11. The Morgan fingerprint density at radius 3 is 2.76 bits per heavy atom. The van der Waals surface area contributed by atoms with E-state index in [0.717, 1.165) is 17.2 Å². The lowest BCUT2D eigenvalue weighted by molar-refractivity contribution is 0.456. The van der Waals surface area contributed by atoms with Gasteiger partial charge < -0.3 is 10.1 Å². The van der Waals surface area contributed by atoms with Gasteiger partial charge in [0.2, 0.25) is 5.88 Å². The van der Waals surface area contributed by atoms with Crippen molar-refractivity contribution in [3.8, 4) is 11.6 Å². The molecule has 0 aliphatic carbocycles. The van der Waals surface area contributed by atoms with Gasteiger partial charge in [-0.05, 0) is 24.7 Å². The zero-order valence-corrected chi connectivity index (χ0v) is 13.6. The Bertz CT molecular complexity index is 749. The largest absolute Gasteiger partial charge is 0.437 e. The Hall–Kier alpha value is -1.27. The van der Waals surface area contributed by atoms with Crippen LogP contribution in [0.1, 0.15) is 12.6 Å². The van der Waals surface area contributed by atoms with Crippen LogP contribution >= 0.6 is 34.5 Å². The molecule has 21 heavy (non-hydrogen) atoms. The molecule has 0 atom stereocenters. The zero-order chi connectivity index (χ0) is 14.8. The Morgan fingerprint density at radius 2 is 2.05 bits per heavy atom. The standard InChI is InChI=1S/C14H13Cl2N3OS/c1-2-17-8-12-13(18-14-19(12)3-4-21-14)20-11-6-9(15)5-10(16)7-11/h3-7,17H,2,8H2,1H3. The number of benzene rings is 1. The molecule has 3 rings (SSSR count). The number of halogens is 2. The highest BCUT2D eigenvalue weighted by Crippen LogP contribution is 2.31. The molecule has 0 aliphatic rings. The summed E-state index contributed by atoms with van der Waals surface area (Å²) in [5.41, 5.74) is 0.976. The van der Waals surface area contributed by atoms with Crippen LogP contribution in [0.4, 0.5) is 0 Å². The average Bonchev–Trinajstić information content (AvgIpc) is 2.96. The van der Waals surface area contributed by atoms with Crippen LogP contribution in [0.15, 0.2) is 29.8 Å². The molecule has 0 unspecified atom stereocenters. The SMILES string of the molecule is CCNCc1c(Oc2cc(Cl)cc(Cl)c2)nc2sccn12. The second-order valence-electron chi connectivity index (χ2n) is 4.41. The maximum atomic E-state index is 6.00. The van der Waals surface area contributed by atoms with E-state index in [4.69, 9.17) is 27.9 Å². The molecule has 0 bridgehead atoms. The van der Waals surface area contributed by atoms with Crippen LogP contribution in [0.3, 0.4) is 0 Å². The first kappa shape index (κ1) is 14.7. The summed E-state index contributed by atoms with van der Waals surface area (Å²) < 4.78 is 7.90. The minimum absolute atomic E-state index is 0.534. The normalized spacial score (nSPS) is 11.2. The molecule has 0 fully saturated rings. The molecule has 0 saturated heterocycles. The van der Waals surface area contributed by atoms with Crippen LogP contribution in [-0.2, 0) is 6.54 Å². The molecule has 2 aromatic heterocycles. The first-order chi connectivity index (χ1) is 10.2. The zero-order valence-electron chi connectivity index (χ0n) is 11.3. The summed E-state index contributed by atoms with van der Waals surface area (Å²) in [5.74, 6) is 1.15. The highest BCUT2D eigenvalue weighted by atomic mass is 35.5. The summed E-state index contributed by atoms with van der Waals surface area (Å²) in [5, 5.41) is 6.36. The van der Waals surface area contributed by atoms with Gasteiger partial charge in [-0.15, -0.1) is 11.3 Å². The summed E-state index contributed by atoms with van der Waals surface area (Å²) >= 11 is 13.6. The molecular weight excluding hydrogens is 329 g/mol. The number of nitrogens with zero attached hydrogens (tertiary/aromatic N) is 2. The van der Waals surface area contributed by atoms with Gasteiger partial charge in [0.1, 0.15) is 11.4 Å². The Labute approximate surface area is 136 Å². The maximum absolute atomic E-state index is 6.00. The number of rotatable bonds is 5. The number of hydrogen-bond acceptors (Lipinski definition) is 4. The number of aromatic nitrogens is 2. The van der Waals surface area contributed by atoms with Gasteiger partial charge in [0.15, 0.2) is 4.96 Å². The van der Waals surface area contributed by atoms with Gasteiger partial charge in [0, 0.05) is 28.2 Å². The van der Waals surface area contributed by atoms with E-state index in [1.165, 1.54) is 0 Å². The maximum Gasteiger partial charge on any atom is 0.243 e. The number of ether oxygens (including phenoxy) is 1. The molecular formula is C14H13Cl2N3OS. The van der Waals surface area contributed by atoms with E-state index in [-0.39, 0.29) is 0 Å². The van der Waals surface area contributed by atoms with Crippen LogP contribution in [0, 0.1) is 0 Å². The van der Waals surface area contributed by atoms with Gasteiger partial charge >= 0.3 is 0 Å². The van der Waals surface area contributed by atoms with Gasteiger partial charge in [-0.2, -0.15) is 4.98 Å². The summed E-state index contributed by atoms with van der Waals surface area (Å²) in [7, 11) is 0. The molecule has 2 heterocycles. The first-order valence-electron chi connectivity index (χ1n) is 6.46. The lowest BCUT2D eigenvalue weighted by Crippen LogP contribution is -2.13. The molecule has 3 aromatic rings. The highest BCUT2D eigenvalue weighted by Gasteiger charge is 2.15. The van der Waals surface area contributed by atoms with Crippen LogP contribution < -0.4 is 10.1 Å². The fraction of sp³-hybridized carbons (Fsp3) is 0.214. The fourth-order valence-corrected chi connectivity index (χ4v) is 3.23. The van der Waals surface area contributed by atoms with E-state index in [0.29, 0.717) is 28.2 Å². The quantitative estimate of drug-likeness (QED) is 0.736. The first-order valence-corrected chi connectivity index (χ1v) is 8.10. The molecule has 0 amide bonds. The lowest BCUT2D eigenvalue weighted by atomic mass is 10.3. The number of hydrogen-bond donors (Lipinski definition) is 1. The Kier molecular flexibility index (Phi) is 4.35. The van der Waals surface area contributed by atoms with Crippen LogP contribution in [-0.4, -0.2) is 15.9 Å². The third-order valence-corrected chi connectivity index (χ3v) is 4.11. The minimum atomic E-state index is 0.534. The smallest absolute Gasteiger partial charge is 0.243 e. The number of imidazole rings is 1. The molecule has 110 valence electrons. The predicted octanol–water partition coefficient (Wildman–Crippen LogP) is 4.60. The van der Waals surface area contributed by atoms with E-state index in [1.54, 1.807) is 29.5 Å². The third kappa shape index (κ3) is 3.16. The van der Waals surface area contributed by atoms with Crippen molar-refractivity contribution in [2.45, 2.75) is 13.5 Å². The van der Waals surface area contributed by atoms with E-state index in [9.17, 15) is 0 Å². The van der Waals surface area contributed by atoms with Gasteiger partial charge in [-0.3, -0.25) is 4.40 Å². The predicted molar refractivity (Wildman–Crippen MR) is 87.0 cm³/mol. The second-order valence-corrected chi connectivity index (χ2v) is 6.15. The Balaban J connectivity index is 1.96. The van der Waals surface area contributed by atoms with E-state index < -0.39 is 0 Å². The van der Waals surface area contributed by atoms with Crippen molar-refractivity contribution in [3.05, 3.63) is 45.5 Å². The molecule has 0 aliphatic heterocycles. The van der Waals surface area contributed by atoms with Crippen molar-refractivity contribution < 1.29 is 4.74 Å². The second kappa shape index (κ2) is 6.23. The Morgan fingerprint density at radius 1 is 1.29 bits per heavy atom. The molecule has 0 radical (unpaired) electrons. The molecule has 0 saturated carbocycles. The van der Waals surface area contributed by atoms with Gasteiger partial charge in [0.25, 0.3) is 0 Å². The van der Waals surface area contributed by atoms with Crippen molar-refractivity contribution in [2.24, 2.45) is 0 Å². The van der Waals surface area contributed by atoms with Crippen LogP contribution in [0.2, 0.25) is 10.0 Å². The number of nitrogens with one attached hydrogen (secondary N) is 1. The molecule has 0 spiro atoms. The van der Waals surface area contributed by atoms with Crippen molar-refractivity contribution in [2.75, 3.05) is 6.54 Å². The highest BCUT2D eigenvalue weighted by molar-refractivity contribution is 7.15. The summed E-state index contributed by atoms with van der Waals surface area (Å²) in [6.45, 7) is 3.61. The summed E-state index contributed by atoms with van der Waals surface area (Å²) in [4.78, 5) is 5.41. The monoisotopic (exact) mass is 341 g/mol. The van der Waals surface area contributed by atoms with Gasteiger partial charge in [0.05, 0.1) is 0 Å². The van der Waals surface area contributed by atoms with Crippen molar-refractivity contribution in [1.29, 1.82) is 0 Å². The number of fused-ring (bicyclic) bond motifs is 1. The van der Waals surface area contributed by atoms with Crippen LogP contribution in [0.25, 0.3) is 4.96 Å². The molecule has 1 aromatic carbocycles. The number of thiazole rings is 1. The van der Waals surface area contributed by atoms with E-state index in [2.05, 4.69) is 17.2 Å². The van der Waals surface area contributed by atoms with Crippen LogP contribution in [0.5, 0.6) is 11.6 Å². The molecule has 4 nitrogen and oxygen atoms in total.